The van der Waals surface area contributed by atoms with E-state index in [1.165, 1.54) is 7.11 Å². The Bertz CT molecular complexity index is 984. The molecule has 0 aliphatic rings. The van der Waals surface area contributed by atoms with Crippen molar-refractivity contribution in [3.8, 4) is 11.5 Å². The van der Waals surface area contributed by atoms with E-state index in [-0.39, 0.29) is 13.2 Å². The van der Waals surface area contributed by atoms with Crippen LogP contribution in [0.5, 0.6) is 11.5 Å². The van der Waals surface area contributed by atoms with Gasteiger partial charge in [0.2, 0.25) is 15.9 Å². The Morgan fingerprint density at radius 3 is 2.27 bits per heavy atom. The largest absolute Gasteiger partial charge is 0.495 e. The lowest BCUT2D eigenvalue weighted by Gasteiger charge is -2.29. The predicted octanol–water partition coefficient (Wildman–Crippen LogP) is 2.97. The number of ether oxygens (including phenoxy) is 2. The monoisotopic (exact) mass is 434 g/mol. The third kappa shape index (κ3) is 6.13. The molecule has 1 amide bonds. The molecule has 0 aromatic heterocycles. The number of hydrogen-bond acceptors (Lipinski definition) is 5. The number of nitrogens with zero attached hydrogens (tertiary/aromatic N) is 1. The molecule has 1 unspecified atom stereocenters. The molecule has 7 nitrogen and oxygen atoms in total. The van der Waals surface area contributed by atoms with Gasteiger partial charge in [0.15, 0.2) is 0 Å². The molecule has 30 heavy (non-hydrogen) atoms. The van der Waals surface area contributed by atoms with Crippen molar-refractivity contribution >= 4 is 21.6 Å². The smallest absolute Gasteiger partial charge is 0.243 e. The number of sulfonamides is 1. The van der Waals surface area contributed by atoms with Gasteiger partial charge in [0.05, 0.1) is 25.6 Å². The first-order chi connectivity index (χ1) is 14.0. The Hall–Kier alpha value is -2.74. The Balaban J connectivity index is 2.08. The topological polar surface area (TPSA) is 84.9 Å². The summed E-state index contributed by atoms with van der Waals surface area (Å²) in [5, 5.41) is 2.75. The molecule has 0 saturated carbocycles. The summed E-state index contributed by atoms with van der Waals surface area (Å²) in [6, 6.07) is 10.1. The van der Waals surface area contributed by atoms with Crippen LogP contribution in [0.25, 0.3) is 0 Å². The fourth-order valence-electron chi connectivity index (χ4n) is 3.26. The van der Waals surface area contributed by atoms with Gasteiger partial charge in [-0.3, -0.25) is 9.10 Å². The summed E-state index contributed by atoms with van der Waals surface area (Å²) in [4.78, 5) is 12.7. The molecule has 8 heteroatoms. The molecule has 0 aliphatic carbocycles. The molecule has 0 fully saturated rings. The molecular formula is C22H30N2O5S. The first-order valence-corrected chi connectivity index (χ1v) is 11.5. The highest BCUT2D eigenvalue weighted by Gasteiger charge is 2.31. The van der Waals surface area contributed by atoms with Crippen molar-refractivity contribution in [3.05, 3.63) is 53.1 Å². The van der Waals surface area contributed by atoms with Gasteiger partial charge in [0, 0.05) is 0 Å². The van der Waals surface area contributed by atoms with Crippen molar-refractivity contribution in [1.82, 2.24) is 5.32 Å². The van der Waals surface area contributed by atoms with E-state index in [4.69, 9.17) is 9.47 Å². The highest BCUT2D eigenvalue weighted by atomic mass is 32.2. The molecule has 1 N–H and O–H groups in total. The van der Waals surface area contributed by atoms with Crippen LogP contribution >= 0.6 is 0 Å². The van der Waals surface area contributed by atoms with Gasteiger partial charge in [-0.25, -0.2) is 8.42 Å². The maximum absolute atomic E-state index is 12.7. The number of rotatable bonds is 9. The Labute approximate surface area is 179 Å². The maximum atomic E-state index is 12.7. The van der Waals surface area contributed by atoms with E-state index < -0.39 is 22.0 Å². The van der Waals surface area contributed by atoms with Gasteiger partial charge >= 0.3 is 0 Å². The van der Waals surface area contributed by atoms with Crippen LogP contribution in [0.2, 0.25) is 0 Å². The third-order valence-electron chi connectivity index (χ3n) is 4.53. The van der Waals surface area contributed by atoms with Crippen LogP contribution in [0.1, 0.15) is 23.6 Å². The number of anilines is 1. The standard InChI is InChI=1S/C22H30N2O5S/c1-15-7-8-21(28-5)20(14-15)24(30(6,26)27)18(4)22(25)23-9-10-29-19-12-16(2)11-17(3)13-19/h7-8,11-14,18H,9-10H2,1-6H3,(H,23,25). The van der Waals surface area contributed by atoms with E-state index in [0.29, 0.717) is 11.4 Å². The van der Waals surface area contributed by atoms with Crippen molar-refractivity contribution in [3.63, 3.8) is 0 Å². The van der Waals surface area contributed by atoms with Crippen LogP contribution in [-0.2, 0) is 14.8 Å². The van der Waals surface area contributed by atoms with Crippen LogP contribution in [0.15, 0.2) is 36.4 Å². The summed E-state index contributed by atoms with van der Waals surface area (Å²) in [6.45, 7) is 7.89. The zero-order valence-electron chi connectivity index (χ0n) is 18.4. The molecule has 0 aliphatic heterocycles. The lowest BCUT2D eigenvalue weighted by molar-refractivity contribution is -0.121. The fraction of sp³-hybridized carbons (Fsp3) is 0.409. The SMILES string of the molecule is COc1ccc(C)cc1N(C(C)C(=O)NCCOc1cc(C)cc(C)c1)S(C)(=O)=O. The number of aryl methyl sites for hydroxylation is 3. The van der Waals surface area contributed by atoms with E-state index >= 15 is 0 Å². The molecule has 2 aromatic rings. The summed E-state index contributed by atoms with van der Waals surface area (Å²) >= 11 is 0. The number of benzene rings is 2. The number of methoxy groups -OCH3 is 1. The van der Waals surface area contributed by atoms with Gasteiger partial charge in [0.25, 0.3) is 0 Å². The minimum atomic E-state index is -3.73. The Kier molecular flexibility index (Phi) is 7.72. The lowest BCUT2D eigenvalue weighted by atomic mass is 10.1. The van der Waals surface area contributed by atoms with E-state index in [1.807, 2.05) is 39.0 Å². The van der Waals surface area contributed by atoms with Gasteiger partial charge in [0.1, 0.15) is 24.1 Å². The molecule has 0 radical (unpaired) electrons. The van der Waals surface area contributed by atoms with Crippen molar-refractivity contribution in [2.24, 2.45) is 0 Å². The number of carbonyl (C=O) groups is 1. The Morgan fingerprint density at radius 2 is 1.70 bits per heavy atom. The molecule has 2 rings (SSSR count). The van der Waals surface area contributed by atoms with E-state index in [0.717, 1.165) is 33.0 Å². The van der Waals surface area contributed by atoms with Crippen LogP contribution in [-0.4, -0.2) is 46.9 Å². The molecule has 0 bridgehead atoms. The Morgan fingerprint density at radius 1 is 1.07 bits per heavy atom. The second-order valence-corrected chi connectivity index (χ2v) is 9.23. The van der Waals surface area contributed by atoms with Gasteiger partial charge in [-0.05, 0) is 68.7 Å². The minimum absolute atomic E-state index is 0.249. The highest BCUT2D eigenvalue weighted by molar-refractivity contribution is 7.92. The summed E-state index contributed by atoms with van der Waals surface area (Å²) in [7, 11) is -2.27. The third-order valence-corrected chi connectivity index (χ3v) is 5.75. The molecule has 0 heterocycles. The number of carbonyl (C=O) groups excluding carboxylic acids is 1. The zero-order chi connectivity index (χ0) is 22.5. The van der Waals surface area contributed by atoms with Crippen LogP contribution in [0.3, 0.4) is 0 Å². The molecular weight excluding hydrogens is 404 g/mol. The fourth-order valence-corrected chi connectivity index (χ4v) is 4.43. The van der Waals surface area contributed by atoms with Crippen LogP contribution in [0, 0.1) is 20.8 Å². The van der Waals surface area contributed by atoms with Crippen molar-refractivity contribution < 1.29 is 22.7 Å². The molecule has 164 valence electrons. The minimum Gasteiger partial charge on any atom is -0.495 e. The summed E-state index contributed by atoms with van der Waals surface area (Å²) in [5.74, 6) is 0.689. The van der Waals surface area contributed by atoms with Crippen LogP contribution < -0.4 is 19.1 Å². The summed E-state index contributed by atoms with van der Waals surface area (Å²) in [6.07, 6.45) is 1.07. The quantitative estimate of drug-likeness (QED) is 0.614. The predicted molar refractivity (Wildman–Crippen MR) is 119 cm³/mol. The first kappa shape index (κ1) is 23.5. The molecule has 0 saturated heterocycles. The van der Waals surface area contributed by atoms with Gasteiger partial charge in [-0.15, -0.1) is 0 Å². The highest BCUT2D eigenvalue weighted by Crippen LogP contribution is 2.32. The normalized spacial score (nSPS) is 12.2. The average molecular weight is 435 g/mol. The number of amides is 1. The number of hydrogen-bond donors (Lipinski definition) is 1. The van der Waals surface area contributed by atoms with E-state index in [1.54, 1.807) is 19.1 Å². The summed E-state index contributed by atoms with van der Waals surface area (Å²) in [5.41, 5.74) is 3.38. The van der Waals surface area contributed by atoms with Gasteiger partial charge in [-0.2, -0.15) is 0 Å². The van der Waals surface area contributed by atoms with Gasteiger partial charge < -0.3 is 14.8 Å². The maximum Gasteiger partial charge on any atom is 0.243 e. The lowest BCUT2D eigenvalue weighted by Crippen LogP contribution is -2.48. The van der Waals surface area contributed by atoms with Crippen LogP contribution in [0.4, 0.5) is 5.69 Å². The van der Waals surface area contributed by atoms with Crippen molar-refractivity contribution in [1.29, 1.82) is 0 Å². The molecule has 2 aromatic carbocycles. The van der Waals surface area contributed by atoms with Gasteiger partial charge in [-0.1, -0.05) is 12.1 Å². The van der Waals surface area contributed by atoms with Crippen molar-refractivity contribution in [2.75, 3.05) is 30.8 Å². The average Bonchev–Trinajstić information content (AvgIpc) is 2.63. The van der Waals surface area contributed by atoms with E-state index in [2.05, 4.69) is 11.4 Å². The molecule has 0 spiro atoms. The second kappa shape index (κ2) is 9.84. The second-order valence-electron chi connectivity index (χ2n) is 7.37. The number of nitrogens with one attached hydrogen (secondary N) is 1. The summed E-state index contributed by atoms with van der Waals surface area (Å²) < 4.78 is 37.1. The first-order valence-electron chi connectivity index (χ1n) is 9.65. The van der Waals surface area contributed by atoms with E-state index in [9.17, 15) is 13.2 Å². The molecule has 1 atom stereocenters. The zero-order valence-corrected chi connectivity index (χ0v) is 19.2. The van der Waals surface area contributed by atoms with Crippen molar-refractivity contribution in [2.45, 2.75) is 33.7 Å².